The number of piperidine rings is 1. The Morgan fingerprint density at radius 3 is 2.52 bits per heavy atom. The molecule has 2 aromatic heterocycles. The molecule has 3 atom stereocenters. The summed E-state index contributed by atoms with van der Waals surface area (Å²) < 4.78 is 15.4. The summed E-state index contributed by atoms with van der Waals surface area (Å²) in [5.74, 6) is 0.671. The zero-order chi connectivity index (χ0) is 27.6. The minimum absolute atomic E-state index is 0.00347. The Balaban J connectivity index is 1.28. The molecule has 1 aliphatic carbocycles. The molecule has 3 aromatic carbocycles. The molecule has 0 unspecified atom stereocenters. The van der Waals surface area contributed by atoms with Gasteiger partial charge in [0.05, 0.1) is 17.4 Å². The average Bonchev–Trinajstić information content (AvgIpc) is 3.22. The van der Waals surface area contributed by atoms with Gasteiger partial charge >= 0.3 is 0 Å². The van der Waals surface area contributed by atoms with E-state index in [-0.39, 0.29) is 23.1 Å². The number of benzene rings is 3. The fraction of sp³-hybridized carbons (Fsp3) is 0.265. The van der Waals surface area contributed by atoms with E-state index in [2.05, 4.69) is 68.3 Å². The van der Waals surface area contributed by atoms with Crippen molar-refractivity contribution in [2.45, 2.75) is 38.0 Å². The van der Waals surface area contributed by atoms with Crippen molar-refractivity contribution in [1.29, 1.82) is 0 Å². The Labute approximate surface area is 233 Å². The monoisotopic (exact) mass is 530 g/mol. The number of fused-ring (bicyclic) bond motifs is 2. The number of halogens is 1. The van der Waals surface area contributed by atoms with Crippen molar-refractivity contribution in [3.8, 4) is 5.69 Å². The maximum Gasteiger partial charge on any atom is 0.272 e. The second-order valence-electron chi connectivity index (χ2n) is 11.6. The van der Waals surface area contributed by atoms with Crippen LogP contribution in [0.2, 0.25) is 0 Å². The average molecular weight is 531 g/mol. The number of aromatic nitrogens is 3. The summed E-state index contributed by atoms with van der Waals surface area (Å²) in [6.45, 7) is 7.71. The normalized spacial score (nSPS) is 21.7. The van der Waals surface area contributed by atoms with Crippen LogP contribution >= 0.6 is 0 Å². The van der Waals surface area contributed by atoms with Gasteiger partial charge in [-0.25, -0.2) is 14.1 Å². The molecule has 3 heterocycles. The SMILES string of the molecule is Cc1cc2c(cnn2-c2ccc(F)cc2)cc1[C@@]12CN(C(=O)c3cccc(C(C)C)n3)C[C@@H]1[C@H]2c1ccccc1. The number of nitrogens with zero attached hydrogens (tertiary/aromatic N) is 4. The molecular formula is C34H31FN4O. The fourth-order valence-corrected chi connectivity index (χ4v) is 6.94. The minimum atomic E-state index is -0.268. The van der Waals surface area contributed by atoms with Crippen molar-refractivity contribution >= 4 is 16.8 Å². The van der Waals surface area contributed by atoms with Crippen LogP contribution in [0.4, 0.5) is 4.39 Å². The van der Waals surface area contributed by atoms with Crippen LogP contribution in [-0.2, 0) is 5.41 Å². The van der Waals surface area contributed by atoms with Crippen molar-refractivity contribution in [3.63, 3.8) is 0 Å². The van der Waals surface area contributed by atoms with Gasteiger partial charge in [0, 0.05) is 35.5 Å². The molecular weight excluding hydrogens is 499 g/mol. The van der Waals surface area contributed by atoms with E-state index in [0.29, 0.717) is 30.6 Å². The Bertz CT molecular complexity index is 1740. The number of hydrogen-bond acceptors (Lipinski definition) is 3. The van der Waals surface area contributed by atoms with Gasteiger partial charge in [-0.05, 0) is 84.0 Å². The van der Waals surface area contributed by atoms with Crippen LogP contribution in [0.3, 0.4) is 0 Å². The molecule has 5 nitrogen and oxygen atoms in total. The van der Waals surface area contributed by atoms with Crippen molar-refractivity contribution in [1.82, 2.24) is 19.7 Å². The summed E-state index contributed by atoms with van der Waals surface area (Å²) in [6, 6.07) is 27.3. The number of carbonyl (C=O) groups is 1. The van der Waals surface area contributed by atoms with E-state index in [9.17, 15) is 9.18 Å². The third-order valence-corrected chi connectivity index (χ3v) is 8.89. The molecule has 5 aromatic rings. The highest BCUT2D eigenvalue weighted by Gasteiger charge is 2.71. The highest BCUT2D eigenvalue weighted by molar-refractivity contribution is 5.93. The second-order valence-corrected chi connectivity index (χ2v) is 11.6. The van der Waals surface area contributed by atoms with E-state index < -0.39 is 0 Å². The van der Waals surface area contributed by atoms with E-state index in [4.69, 9.17) is 4.98 Å². The molecule has 7 rings (SSSR count). The van der Waals surface area contributed by atoms with Gasteiger partial charge in [-0.2, -0.15) is 5.10 Å². The minimum Gasteiger partial charge on any atom is -0.336 e. The van der Waals surface area contributed by atoms with Crippen LogP contribution in [0.5, 0.6) is 0 Å². The van der Waals surface area contributed by atoms with Gasteiger partial charge in [0.2, 0.25) is 0 Å². The molecule has 1 saturated carbocycles. The lowest BCUT2D eigenvalue weighted by Gasteiger charge is -2.26. The molecule has 0 bridgehead atoms. The highest BCUT2D eigenvalue weighted by atomic mass is 19.1. The van der Waals surface area contributed by atoms with E-state index in [1.54, 1.807) is 12.1 Å². The number of amides is 1. The predicted octanol–water partition coefficient (Wildman–Crippen LogP) is 6.80. The number of hydrogen-bond donors (Lipinski definition) is 0. The molecule has 200 valence electrons. The zero-order valence-electron chi connectivity index (χ0n) is 22.9. The van der Waals surface area contributed by atoms with Crippen LogP contribution in [0, 0.1) is 18.7 Å². The molecule has 40 heavy (non-hydrogen) atoms. The fourth-order valence-electron chi connectivity index (χ4n) is 6.94. The van der Waals surface area contributed by atoms with E-state index in [1.807, 2.05) is 34.0 Å². The first-order valence-corrected chi connectivity index (χ1v) is 13.9. The standard InChI is InChI=1S/C34H31FN4O/c1-21(2)29-10-7-11-30(37-29)33(40)38-19-28-32(23-8-5-4-6-9-23)34(28,20-38)27-17-24-18-36-39(31(24)16-22(27)3)26-14-12-25(35)13-15-26/h4-18,21,28,32H,19-20H2,1-3H3/t28-,32-,34+/m1/s1. The van der Waals surface area contributed by atoms with E-state index >= 15 is 0 Å². The highest BCUT2D eigenvalue weighted by Crippen LogP contribution is 2.69. The van der Waals surface area contributed by atoms with Crippen molar-refractivity contribution in [2.24, 2.45) is 5.92 Å². The Hall–Kier alpha value is -4.32. The number of aryl methyl sites for hydroxylation is 1. The molecule has 2 fully saturated rings. The maximum absolute atomic E-state index is 13.7. The van der Waals surface area contributed by atoms with Crippen LogP contribution in [0.25, 0.3) is 16.6 Å². The van der Waals surface area contributed by atoms with E-state index in [0.717, 1.165) is 22.3 Å². The van der Waals surface area contributed by atoms with Gasteiger partial charge < -0.3 is 4.90 Å². The van der Waals surface area contributed by atoms with E-state index in [1.165, 1.54) is 28.8 Å². The third kappa shape index (κ3) is 3.77. The maximum atomic E-state index is 13.7. The van der Waals surface area contributed by atoms with Crippen LogP contribution in [0.15, 0.2) is 91.1 Å². The Morgan fingerprint density at radius 2 is 1.77 bits per heavy atom. The largest absolute Gasteiger partial charge is 0.336 e. The van der Waals surface area contributed by atoms with Crippen molar-refractivity contribution in [2.75, 3.05) is 13.1 Å². The summed E-state index contributed by atoms with van der Waals surface area (Å²) in [6.07, 6.45) is 1.88. The first kappa shape index (κ1) is 24.7. The predicted molar refractivity (Wildman–Crippen MR) is 154 cm³/mol. The Morgan fingerprint density at radius 1 is 1.00 bits per heavy atom. The molecule has 6 heteroatoms. The molecule has 1 amide bonds. The summed E-state index contributed by atoms with van der Waals surface area (Å²) in [5, 5.41) is 5.68. The molecule has 2 aliphatic rings. The van der Waals surface area contributed by atoms with Gasteiger partial charge in [0.15, 0.2) is 0 Å². The smallest absolute Gasteiger partial charge is 0.272 e. The molecule has 1 saturated heterocycles. The van der Waals surface area contributed by atoms with Crippen molar-refractivity contribution in [3.05, 3.63) is 125 Å². The lowest BCUT2D eigenvalue weighted by molar-refractivity contribution is 0.0763. The summed E-state index contributed by atoms with van der Waals surface area (Å²) >= 11 is 0. The van der Waals surface area contributed by atoms with Crippen LogP contribution in [-0.4, -0.2) is 38.7 Å². The number of carbonyl (C=O) groups excluding carboxylic acids is 1. The summed E-state index contributed by atoms with van der Waals surface area (Å²) in [5.41, 5.74) is 6.87. The molecule has 0 radical (unpaired) electrons. The van der Waals surface area contributed by atoms with Crippen LogP contribution in [0.1, 0.15) is 58.6 Å². The third-order valence-electron chi connectivity index (χ3n) is 8.89. The quantitative estimate of drug-likeness (QED) is 0.251. The van der Waals surface area contributed by atoms with Gasteiger partial charge in [-0.3, -0.25) is 4.79 Å². The van der Waals surface area contributed by atoms with Gasteiger partial charge in [0.1, 0.15) is 11.5 Å². The lowest BCUT2D eigenvalue weighted by Crippen LogP contribution is -2.35. The first-order valence-electron chi connectivity index (χ1n) is 13.9. The Kier molecular flexibility index (Phi) is 5.63. The van der Waals surface area contributed by atoms with Crippen LogP contribution < -0.4 is 0 Å². The van der Waals surface area contributed by atoms with Gasteiger partial charge in [-0.1, -0.05) is 50.2 Å². The molecule has 0 N–H and O–H groups in total. The molecule has 0 spiro atoms. The molecule has 1 aliphatic heterocycles. The number of rotatable bonds is 5. The number of likely N-dealkylation sites (tertiary alicyclic amines) is 1. The summed E-state index contributed by atoms with van der Waals surface area (Å²) in [7, 11) is 0. The van der Waals surface area contributed by atoms with Crippen molar-refractivity contribution < 1.29 is 9.18 Å². The zero-order valence-corrected chi connectivity index (χ0v) is 22.9. The topological polar surface area (TPSA) is 51.0 Å². The second kappa shape index (κ2) is 9.12. The first-order chi connectivity index (χ1) is 19.4. The number of pyridine rings is 1. The summed E-state index contributed by atoms with van der Waals surface area (Å²) in [4.78, 5) is 20.4. The van der Waals surface area contributed by atoms with Gasteiger partial charge in [-0.15, -0.1) is 0 Å². The lowest BCUT2D eigenvalue weighted by atomic mass is 9.86. The van der Waals surface area contributed by atoms with Gasteiger partial charge in [0.25, 0.3) is 5.91 Å².